The quantitative estimate of drug-likeness (QED) is 0.871. The Kier molecular flexibility index (Phi) is 5.23. The van der Waals surface area contributed by atoms with Gasteiger partial charge in [-0.05, 0) is 55.2 Å². The summed E-state index contributed by atoms with van der Waals surface area (Å²) in [5, 5.41) is 2.50. The van der Waals surface area contributed by atoms with Gasteiger partial charge in [0.15, 0.2) is 9.84 Å². The minimum atomic E-state index is -3.32. The van der Waals surface area contributed by atoms with Crippen LogP contribution in [0.4, 0.5) is 5.69 Å². The molecule has 0 radical (unpaired) electrons. The maximum Gasteiger partial charge on any atom is 0.255 e. The van der Waals surface area contributed by atoms with Gasteiger partial charge in [-0.25, -0.2) is 8.42 Å². The van der Waals surface area contributed by atoms with Crippen LogP contribution in [0.1, 0.15) is 48.5 Å². The Bertz CT molecular complexity index is 851. The molecule has 1 saturated carbocycles. The Labute approximate surface area is 149 Å². The summed E-state index contributed by atoms with van der Waals surface area (Å²) in [6.07, 6.45) is 4.30. The first-order valence-electron chi connectivity index (χ1n) is 8.75. The van der Waals surface area contributed by atoms with Crippen LogP contribution in [0.5, 0.6) is 0 Å². The van der Waals surface area contributed by atoms with Gasteiger partial charge in [-0.15, -0.1) is 0 Å². The number of anilines is 1. The SMILES string of the molecule is CCc1ccc(C(=O)Nc2cccc(S(=O)(=O)C3CCCC3)c2)cc1. The topological polar surface area (TPSA) is 63.2 Å². The summed E-state index contributed by atoms with van der Waals surface area (Å²) in [6, 6.07) is 14.0. The van der Waals surface area contributed by atoms with E-state index in [-0.39, 0.29) is 11.2 Å². The predicted octanol–water partition coefficient (Wildman–Crippen LogP) is 4.22. The van der Waals surface area contributed by atoms with E-state index >= 15 is 0 Å². The highest BCUT2D eigenvalue weighted by Crippen LogP contribution is 2.30. The number of carbonyl (C=O) groups excluding carboxylic acids is 1. The van der Waals surface area contributed by atoms with Gasteiger partial charge in [0.1, 0.15) is 0 Å². The molecule has 1 N–H and O–H groups in total. The molecule has 0 aliphatic heterocycles. The first-order chi connectivity index (χ1) is 12.0. The van der Waals surface area contributed by atoms with Gasteiger partial charge in [0, 0.05) is 11.3 Å². The smallest absolute Gasteiger partial charge is 0.255 e. The van der Waals surface area contributed by atoms with Crippen molar-refractivity contribution >= 4 is 21.4 Å². The lowest BCUT2D eigenvalue weighted by Crippen LogP contribution is -2.18. The van der Waals surface area contributed by atoms with Gasteiger partial charge in [-0.1, -0.05) is 38.0 Å². The maximum absolute atomic E-state index is 12.7. The average Bonchev–Trinajstić information content (AvgIpc) is 3.17. The molecule has 1 amide bonds. The minimum absolute atomic E-state index is 0.238. The second-order valence-corrected chi connectivity index (χ2v) is 8.71. The molecule has 0 spiro atoms. The van der Waals surface area contributed by atoms with E-state index in [0.717, 1.165) is 32.1 Å². The number of hydrogen-bond acceptors (Lipinski definition) is 3. The molecular formula is C20H23NO3S. The highest BCUT2D eigenvalue weighted by Gasteiger charge is 2.30. The molecule has 0 atom stereocenters. The average molecular weight is 357 g/mol. The Morgan fingerprint density at radius 2 is 1.76 bits per heavy atom. The van der Waals surface area contributed by atoms with Crippen LogP contribution >= 0.6 is 0 Å². The summed E-state index contributed by atoms with van der Waals surface area (Å²) in [7, 11) is -3.32. The molecule has 0 saturated heterocycles. The summed E-state index contributed by atoms with van der Waals surface area (Å²) in [6.45, 7) is 2.06. The van der Waals surface area contributed by atoms with E-state index in [1.807, 2.05) is 12.1 Å². The zero-order valence-electron chi connectivity index (χ0n) is 14.4. The van der Waals surface area contributed by atoms with Crippen molar-refractivity contribution in [3.8, 4) is 0 Å². The number of nitrogens with one attached hydrogen (secondary N) is 1. The van der Waals surface area contributed by atoms with Crippen molar-refractivity contribution < 1.29 is 13.2 Å². The van der Waals surface area contributed by atoms with Gasteiger partial charge in [-0.2, -0.15) is 0 Å². The zero-order valence-corrected chi connectivity index (χ0v) is 15.2. The van der Waals surface area contributed by atoms with E-state index in [0.29, 0.717) is 16.1 Å². The predicted molar refractivity (Wildman–Crippen MR) is 99.7 cm³/mol. The fourth-order valence-electron chi connectivity index (χ4n) is 3.24. The summed E-state index contributed by atoms with van der Waals surface area (Å²) in [5.41, 5.74) is 2.23. The standard InChI is InChI=1S/C20H23NO3S/c1-2-15-10-12-16(13-11-15)20(22)21-17-6-5-9-19(14-17)25(23,24)18-7-3-4-8-18/h5-6,9-14,18H,2-4,7-8H2,1H3,(H,21,22). The molecule has 25 heavy (non-hydrogen) atoms. The summed E-state index contributed by atoms with van der Waals surface area (Å²) in [4.78, 5) is 12.7. The third-order valence-corrected chi connectivity index (χ3v) is 7.05. The van der Waals surface area contributed by atoms with Crippen LogP contribution in [0, 0.1) is 0 Å². The molecule has 132 valence electrons. The largest absolute Gasteiger partial charge is 0.322 e. The highest BCUT2D eigenvalue weighted by atomic mass is 32.2. The molecule has 2 aromatic carbocycles. The monoisotopic (exact) mass is 357 g/mol. The fraction of sp³-hybridized carbons (Fsp3) is 0.350. The highest BCUT2D eigenvalue weighted by molar-refractivity contribution is 7.92. The van der Waals surface area contributed by atoms with E-state index in [2.05, 4.69) is 12.2 Å². The van der Waals surface area contributed by atoms with Crippen molar-refractivity contribution in [2.45, 2.75) is 49.2 Å². The number of carbonyl (C=O) groups is 1. The second kappa shape index (κ2) is 7.40. The normalized spacial score (nSPS) is 15.2. The number of sulfone groups is 1. The molecule has 1 aliphatic carbocycles. The zero-order chi connectivity index (χ0) is 17.9. The second-order valence-electron chi connectivity index (χ2n) is 6.48. The van der Waals surface area contributed by atoms with E-state index < -0.39 is 9.84 Å². The summed E-state index contributed by atoms with van der Waals surface area (Å²) >= 11 is 0. The minimum Gasteiger partial charge on any atom is -0.322 e. The van der Waals surface area contributed by atoms with Gasteiger partial charge in [0.05, 0.1) is 10.1 Å². The Morgan fingerprint density at radius 3 is 2.40 bits per heavy atom. The molecule has 4 nitrogen and oxygen atoms in total. The van der Waals surface area contributed by atoms with Crippen molar-refractivity contribution in [2.24, 2.45) is 0 Å². The van der Waals surface area contributed by atoms with Crippen molar-refractivity contribution in [2.75, 3.05) is 5.32 Å². The molecule has 3 rings (SSSR count). The van der Waals surface area contributed by atoms with E-state index in [9.17, 15) is 13.2 Å². The van der Waals surface area contributed by atoms with Crippen molar-refractivity contribution in [1.82, 2.24) is 0 Å². The Hall–Kier alpha value is -2.14. The molecule has 0 bridgehead atoms. The molecule has 1 aliphatic rings. The third kappa shape index (κ3) is 3.93. The maximum atomic E-state index is 12.7. The van der Waals surface area contributed by atoms with Gasteiger partial charge in [0.2, 0.25) is 0 Å². The van der Waals surface area contributed by atoms with Crippen LogP contribution in [0.25, 0.3) is 0 Å². The van der Waals surface area contributed by atoms with Crippen LogP contribution in [0.2, 0.25) is 0 Å². The van der Waals surface area contributed by atoms with Crippen LogP contribution < -0.4 is 5.32 Å². The number of amides is 1. The lowest BCUT2D eigenvalue weighted by Gasteiger charge is -2.13. The Balaban J connectivity index is 1.78. The summed E-state index contributed by atoms with van der Waals surface area (Å²) < 4.78 is 25.4. The first-order valence-corrected chi connectivity index (χ1v) is 10.3. The lowest BCUT2D eigenvalue weighted by molar-refractivity contribution is 0.102. The van der Waals surface area contributed by atoms with Crippen molar-refractivity contribution in [3.63, 3.8) is 0 Å². The lowest BCUT2D eigenvalue weighted by atomic mass is 10.1. The number of hydrogen-bond donors (Lipinski definition) is 1. The van der Waals surface area contributed by atoms with Gasteiger partial charge in [0.25, 0.3) is 5.91 Å². The summed E-state index contributed by atoms with van der Waals surface area (Å²) in [5.74, 6) is -0.238. The first kappa shape index (κ1) is 17.7. The third-order valence-electron chi connectivity index (χ3n) is 4.79. The van der Waals surface area contributed by atoms with Gasteiger partial charge < -0.3 is 5.32 Å². The number of rotatable bonds is 5. The molecule has 0 unspecified atom stereocenters. The van der Waals surface area contributed by atoms with E-state index in [1.165, 1.54) is 5.56 Å². The molecule has 2 aromatic rings. The molecule has 0 aromatic heterocycles. The van der Waals surface area contributed by atoms with Crippen molar-refractivity contribution in [3.05, 3.63) is 59.7 Å². The number of aryl methyl sites for hydroxylation is 1. The number of benzene rings is 2. The van der Waals surface area contributed by atoms with E-state index in [1.54, 1.807) is 36.4 Å². The van der Waals surface area contributed by atoms with Crippen LogP contribution in [0.3, 0.4) is 0 Å². The van der Waals surface area contributed by atoms with Crippen LogP contribution in [-0.2, 0) is 16.3 Å². The molecule has 1 fully saturated rings. The molecular weight excluding hydrogens is 334 g/mol. The van der Waals surface area contributed by atoms with Crippen molar-refractivity contribution in [1.29, 1.82) is 0 Å². The molecule has 0 heterocycles. The van der Waals surface area contributed by atoms with Gasteiger partial charge >= 0.3 is 0 Å². The Morgan fingerprint density at radius 1 is 1.08 bits per heavy atom. The molecule has 5 heteroatoms. The fourth-order valence-corrected chi connectivity index (χ4v) is 5.14. The van der Waals surface area contributed by atoms with E-state index in [4.69, 9.17) is 0 Å². The van der Waals surface area contributed by atoms with Gasteiger partial charge in [-0.3, -0.25) is 4.79 Å². The van der Waals surface area contributed by atoms with Crippen LogP contribution in [0.15, 0.2) is 53.4 Å². The van der Waals surface area contributed by atoms with Crippen LogP contribution in [-0.4, -0.2) is 19.6 Å².